The van der Waals surface area contributed by atoms with Gasteiger partial charge >= 0.3 is 6.09 Å². The van der Waals surface area contributed by atoms with Crippen LogP contribution in [-0.4, -0.2) is 58.9 Å². The molecule has 3 rings (SSSR count). The van der Waals surface area contributed by atoms with E-state index in [0.717, 1.165) is 4.90 Å². The third-order valence-corrected chi connectivity index (χ3v) is 4.65. The highest BCUT2D eigenvalue weighted by molar-refractivity contribution is 6.23. The summed E-state index contributed by atoms with van der Waals surface area (Å²) in [4.78, 5) is 59.9. The Hall–Kier alpha value is -3.43. The number of piperidine rings is 1. The SMILES string of the molecule is O=C(O)NCCCCNc1ccc2c(c1)C(=O)N(C1CCC(=O)NC1=O)C2=O. The average Bonchev–Trinajstić information content (AvgIpc) is 2.89. The number of anilines is 1. The molecule has 0 aromatic heterocycles. The molecule has 0 aliphatic carbocycles. The molecule has 0 spiro atoms. The molecule has 1 aromatic rings. The third-order valence-electron chi connectivity index (χ3n) is 4.65. The fourth-order valence-corrected chi connectivity index (χ4v) is 3.26. The maximum atomic E-state index is 12.7. The topological polar surface area (TPSA) is 145 Å². The fraction of sp³-hybridized carbons (Fsp3) is 0.389. The first-order valence-electron chi connectivity index (χ1n) is 8.95. The zero-order valence-corrected chi connectivity index (χ0v) is 15.0. The summed E-state index contributed by atoms with van der Waals surface area (Å²) >= 11 is 0. The van der Waals surface area contributed by atoms with Crippen LogP contribution in [0, 0.1) is 0 Å². The fourth-order valence-electron chi connectivity index (χ4n) is 3.26. The van der Waals surface area contributed by atoms with Gasteiger partial charge in [0.15, 0.2) is 0 Å². The molecule has 148 valence electrons. The summed E-state index contributed by atoms with van der Waals surface area (Å²) in [6.07, 6.45) is 0.506. The van der Waals surface area contributed by atoms with E-state index in [-0.39, 0.29) is 24.0 Å². The minimum absolute atomic E-state index is 0.0767. The van der Waals surface area contributed by atoms with Crippen LogP contribution < -0.4 is 16.0 Å². The van der Waals surface area contributed by atoms with Crippen LogP contribution in [0.5, 0.6) is 0 Å². The zero-order chi connectivity index (χ0) is 20.3. The number of benzene rings is 1. The smallest absolute Gasteiger partial charge is 0.404 e. The number of imide groups is 2. The summed E-state index contributed by atoms with van der Waals surface area (Å²) in [6, 6.07) is 3.79. The lowest BCUT2D eigenvalue weighted by atomic mass is 10.0. The first kappa shape index (κ1) is 19.3. The quantitative estimate of drug-likeness (QED) is 0.394. The second kappa shape index (κ2) is 8.07. The Bertz CT molecular complexity index is 852. The summed E-state index contributed by atoms with van der Waals surface area (Å²) in [6.45, 7) is 0.925. The van der Waals surface area contributed by atoms with Gasteiger partial charge in [0.05, 0.1) is 11.1 Å². The Morgan fingerprint density at radius 1 is 1.11 bits per heavy atom. The van der Waals surface area contributed by atoms with E-state index in [1.807, 2.05) is 0 Å². The molecule has 1 fully saturated rings. The predicted molar refractivity (Wildman–Crippen MR) is 96.9 cm³/mol. The molecule has 1 aromatic carbocycles. The number of carboxylic acid groups (broad SMARTS) is 1. The van der Waals surface area contributed by atoms with Crippen LogP contribution in [0.2, 0.25) is 0 Å². The predicted octanol–water partition coefficient (Wildman–Crippen LogP) is 0.547. The summed E-state index contributed by atoms with van der Waals surface area (Å²) in [7, 11) is 0. The normalized spacial score (nSPS) is 18.7. The highest BCUT2D eigenvalue weighted by atomic mass is 16.4. The number of rotatable bonds is 7. The molecule has 2 aliphatic rings. The van der Waals surface area contributed by atoms with Crippen LogP contribution >= 0.6 is 0 Å². The van der Waals surface area contributed by atoms with Crippen LogP contribution in [0.4, 0.5) is 10.5 Å². The van der Waals surface area contributed by atoms with E-state index in [2.05, 4.69) is 16.0 Å². The standard InChI is InChI=1S/C18H20N4O6/c23-14-6-5-13(15(24)21-14)22-16(25)11-4-3-10(9-12(11)17(22)26)19-7-1-2-8-20-18(27)28/h3-4,9,13,19-20H,1-2,5-8H2,(H,27,28)(H,21,23,24). The molecular weight excluding hydrogens is 368 g/mol. The first-order valence-corrected chi connectivity index (χ1v) is 8.95. The van der Waals surface area contributed by atoms with Crippen molar-refractivity contribution in [1.82, 2.24) is 15.5 Å². The van der Waals surface area contributed by atoms with Crippen LogP contribution in [0.3, 0.4) is 0 Å². The van der Waals surface area contributed by atoms with Gasteiger partial charge in [-0.1, -0.05) is 0 Å². The molecule has 1 unspecified atom stereocenters. The largest absolute Gasteiger partial charge is 0.465 e. The maximum absolute atomic E-state index is 12.7. The van der Waals surface area contributed by atoms with Gasteiger partial charge in [-0.2, -0.15) is 0 Å². The summed E-state index contributed by atoms with van der Waals surface area (Å²) in [5.41, 5.74) is 1.09. The second-order valence-corrected chi connectivity index (χ2v) is 6.57. The second-order valence-electron chi connectivity index (χ2n) is 6.57. The van der Waals surface area contributed by atoms with Crippen LogP contribution in [0.1, 0.15) is 46.4 Å². The number of nitrogens with zero attached hydrogens (tertiary/aromatic N) is 1. The zero-order valence-electron chi connectivity index (χ0n) is 15.0. The van der Waals surface area contributed by atoms with Gasteiger partial charge in [0, 0.05) is 25.2 Å². The van der Waals surface area contributed by atoms with Gasteiger partial charge in [-0.25, -0.2) is 4.79 Å². The molecule has 2 heterocycles. The van der Waals surface area contributed by atoms with E-state index in [1.165, 1.54) is 6.07 Å². The summed E-state index contributed by atoms with van der Waals surface area (Å²) < 4.78 is 0. The number of unbranched alkanes of at least 4 members (excludes halogenated alkanes) is 1. The van der Waals surface area contributed by atoms with Crippen molar-refractivity contribution in [2.45, 2.75) is 31.7 Å². The molecule has 4 N–H and O–H groups in total. The van der Waals surface area contributed by atoms with Gasteiger partial charge in [-0.05, 0) is 37.5 Å². The number of fused-ring (bicyclic) bond motifs is 1. The van der Waals surface area contributed by atoms with E-state index in [9.17, 15) is 24.0 Å². The van der Waals surface area contributed by atoms with Crippen molar-refractivity contribution in [3.05, 3.63) is 29.3 Å². The molecule has 0 radical (unpaired) electrons. The molecule has 0 bridgehead atoms. The van der Waals surface area contributed by atoms with Crippen molar-refractivity contribution in [3.63, 3.8) is 0 Å². The number of hydrogen-bond acceptors (Lipinski definition) is 6. The van der Waals surface area contributed by atoms with E-state index >= 15 is 0 Å². The molecule has 0 saturated carbocycles. The number of carbonyl (C=O) groups excluding carboxylic acids is 4. The molecule has 5 amide bonds. The van der Waals surface area contributed by atoms with Gasteiger partial charge in [0.1, 0.15) is 6.04 Å². The van der Waals surface area contributed by atoms with Crippen molar-refractivity contribution in [3.8, 4) is 0 Å². The molecule has 10 heteroatoms. The minimum Gasteiger partial charge on any atom is -0.465 e. The average molecular weight is 388 g/mol. The maximum Gasteiger partial charge on any atom is 0.404 e. The van der Waals surface area contributed by atoms with E-state index < -0.39 is 35.8 Å². The number of carbonyl (C=O) groups is 5. The Morgan fingerprint density at radius 2 is 1.82 bits per heavy atom. The van der Waals surface area contributed by atoms with E-state index in [4.69, 9.17) is 5.11 Å². The monoisotopic (exact) mass is 388 g/mol. The van der Waals surface area contributed by atoms with Gasteiger partial charge in [-0.3, -0.25) is 29.4 Å². The van der Waals surface area contributed by atoms with Gasteiger partial charge in [0.2, 0.25) is 11.8 Å². The van der Waals surface area contributed by atoms with Crippen LogP contribution in [0.25, 0.3) is 0 Å². The van der Waals surface area contributed by atoms with Gasteiger partial charge < -0.3 is 15.7 Å². The first-order chi connectivity index (χ1) is 13.4. The third kappa shape index (κ3) is 3.95. The van der Waals surface area contributed by atoms with Crippen LogP contribution in [-0.2, 0) is 9.59 Å². The molecular formula is C18H20N4O6. The molecule has 28 heavy (non-hydrogen) atoms. The van der Waals surface area contributed by atoms with Crippen molar-refractivity contribution >= 4 is 35.4 Å². The lowest BCUT2D eigenvalue weighted by molar-refractivity contribution is -0.136. The lowest BCUT2D eigenvalue weighted by Gasteiger charge is -2.27. The number of nitrogens with one attached hydrogen (secondary N) is 3. The molecule has 1 saturated heterocycles. The summed E-state index contributed by atoms with van der Waals surface area (Å²) in [5.74, 6) is -2.15. The summed E-state index contributed by atoms with van der Waals surface area (Å²) in [5, 5.41) is 16.1. The highest BCUT2D eigenvalue weighted by Gasteiger charge is 2.44. The van der Waals surface area contributed by atoms with Crippen molar-refractivity contribution in [2.75, 3.05) is 18.4 Å². The lowest BCUT2D eigenvalue weighted by Crippen LogP contribution is -2.54. The Kier molecular flexibility index (Phi) is 5.57. The molecule has 1 atom stereocenters. The Morgan fingerprint density at radius 3 is 2.54 bits per heavy atom. The minimum atomic E-state index is -1.06. The van der Waals surface area contributed by atoms with Gasteiger partial charge in [-0.15, -0.1) is 0 Å². The van der Waals surface area contributed by atoms with Crippen molar-refractivity contribution in [2.24, 2.45) is 0 Å². The molecule has 10 nitrogen and oxygen atoms in total. The van der Waals surface area contributed by atoms with Crippen molar-refractivity contribution in [1.29, 1.82) is 0 Å². The Labute approximate surface area is 160 Å². The van der Waals surface area contributed by atoms with Crippen molar-refractivity contribution < 1.29 is 29.1 Å². The number of amides is 5. The molecule has 2 aliphatic heterocycles. The number of hydrogen-bond donors (Lipinski definition) is 4. The van der Waals surface area contributed by atoms with Gasteiger partial charge in [0.25, 0.3) is 11.8 Å². The highest BCUT2D eigenvalue weighted by Crippen LogP contribution is 2.29. The van der Waals surface area contributed by atoms with E-state index in [1.54, 1.807) is 12.1 Å². The van der Waals surface area contributed by atoms with Crippen LogP contribution in [0.15, 0.2) is 18.2 Å². The van der Waals surface area contributed by atoms with E-state index in [0.29, 0.717) is 31.6 Å². The Balaban J connectivity index is 1.62.